The average molecular weight is 464 g/mol. The normalized spacial score (nSPS) is 17.9. The first kappa shape index (κ1) is 22.0. The smallest absolute Gasteiger partial charge is 0.163 e. The first-order chi connectivity index (χ1) is 13.9. The lowest BCUT2D eigenvalue weighted by atomic mass is 9.93. The van der Waals surface area contributed by atoms with Crippen LogP contribution in [0.5, 0.6) is 28.7 Å². The van der Waals surface area contributed by atoms with Crippen LogP contribution in [-0.2, 0) is 11.2 Å². The third kappa shape index (κ3) is 3.75. The maximum absolute atomic E-state index is 6.54. The molecule has 2 aromatic rings. The van der Waals surface area contributed by atoms with Crippen molar-refractivity contribution in [2.24, 2.45) is 0 Å². The molecular formula is C20H21Cl3O6. The standard InChI is InChI=1S/C20H21Cl3O6/c1-24-12-6-9(11(21)8-13(12)25-2)17-14(26-3)7-10-18(27-4)15(22)20(28-5)16(23)19(10)29-17/h6,8,14,17H,7H2,1-5H3/t14-,17+/m0/s1. The molecule has 2 aromatic carbocycles. The number of rotatable bonds is 6. The Morgan fingerprint density at radius 2 is 1.45 bits per heavy atom. The van der Waals surface area contributed by atoms with E-state index in [0.717, 1.165) is 0 Å². The minimum atomic E-state index is -0.562. The number of hydrogen-bond acceptors (Lipinski definition) is 6. The molecule has 0 spiro atoms. The van der Waals surface area contributed by atoms with Gasteiger partial charge in [-0.2, -0.15) is 0 Å². The predicted molar refractivity (Wildman–Crippen MR) is 112 cm³/mol. The van der Waals surface area contributed by atoms with E-state index in [1.165, 1.54) is 14.2 Å². The van der Waals surface area contributed by atoms with E-state index in [1.807, 2.05) is 0 Å². The molecule has 0 unspecified atom stereocenters. The van der Waals surface area contributed by atoms with E-state index >= 15 is 0 Å². The van der Waals surface area contributed by atoms with Gasteiger partial charge >= 0.3 is 0 Å². The fourth-order valence-electron chi connectivity index (χ4n) is 3.44. The monoisotopic (exact) mass is 462 g/mol. The van der Waals surface area contributed by atoms with Crippen molar-refractivity contribution in [2.45, 2.75) is 18.6 Å². The summed E-state index contributed by atoms with van der Waals surface area (Å²) in [6.07, 6.45) is -0.506. The molecule has 1 heterocycles. The van der Waals surface area contributed by atoms with Crippen molar-refractivity contribution in [3.8, 4) is 28.7 Å². The van der Waals surface area contributed by atoms with Crippen LogP contribution in [0, 0.1) is 0 Å². The molecule has 1 aliphatic heterocycles. The molecule has 0 amide bonds. The highest BCUT2D eigenvalue weighted by molar-refractivity contribution is 6.39. The highest BCUT2D eigenvalue weighted by Crippen LogP contribution is 2.54. The molecule has 6 nitrogen and oxygen atoms in total. The van der Waals surface area contributed by atoms with Crippen LogP contribution in [-0.4, -0.2) is 41.7 Å². The lowest BCUT2D eigenvalue weighted by Gasteiger charge is -2.35. The van der Waals surface area contributed by atoms with E-state index in [1.54, 1.807) is 33.5 Å². The van der Waals surface area contributed by atoms with Crippen LogP contribution in [0.4, 0.5) is 0 Å². The Hall–Kier alpha value is -1.73. The minimum absolute atomic E-state index is 0.254. The molecule has 0 N–H and O–H groups in total. The van der Waals surface area contributed by atoms with E-state index in [4.69, 9.17) is 63.2 Å². The summed E-state index contributed by atoms with van der Waals surface area (Å²) < 4.78 is 33.6. The molecule has 0 saturated carbocycles. The second kappa shape index (κ2) is 8.96. The number of hydrogen-bond donors (Lipinski definition) is 0. The summed E-state index contributed by atoms with van der Waals surface area (Å²) >= 11 is 19.5. The van der Waals surface area contributed by atoms with Crippen LogP contribution in [0.2, 0.25) is 15.1 Å². The molecule has 158 valence electrons. The van der Waals surface area contributed by atoms with Crippen LogP contribution >= 0.6 is 34.8 Å². The molecule has 0 saturated heterocycles. The third-order valence-electron chi connectivity index (χ3n) is 4.85. The van der Waals surface area contributed by atoms with Crippen molar-refractivity contribution >= 4 is 34.8 Å². The first-order valence-corrected chi connectivity index (χ1v) is 9.77. The second-order valence-corrected chi connectivity index (χ2v) is 7.41. The zero-order chi connectivity index (χ0) is 21.3. The van der Waals surface area contributed by atoms with E-state index in [2.05, 4.69) is 0 Å². The molecule has 9 heteroatoms. The fraction of sp³-hybridized carbons (Fsp3) is 0.400. The van der Waals surface area contributed by atoms with Crippen LogP contribution in [0.1, 0.15) is 17.2 Å². The van der Waals surface area contributed by atoms with E-state index < -0.39 is 6.10 Å². The summed E-state index contributed by atoms with van der Waals surface area (Å²) in [7, 11) is 7.69. The van der Waals surface area contributed by atoms with Gasteiger partial charge in [-0.25, -0.2) is 0 Å². The topological polar surface area (TPSA) is 55.4 Å². The highest BCUT2D eigenvalue weighted by Gasteiger charge is 2.38. The Kier molecular flexibility index (Phi) is 6.79. The molecular weight excluding hydrogens is 443 g/mol. The Morgan fingerprint density at radius 1 is 0.828 bits per heavy atom. The molecule has 0 aromatic heterocycles. The largest absolute Gasteiger partial charge is 0.495 e. The van der Waals surface area contributed by atoms with Gasteiger partial charge < -0.3 is 28.4 Å². The molecule has 0 radical (unpaired) electrons. The van der Waals surface area contributed by atoms with Crippen molar-refractivity contribution in [1.82, 2.24) is 0 Å². The van der Waals surface area contributed by atoms with Gasteiger partial charge in [0.05, 0.1) is 33.5 Å². The Labute approximate surface area is 184 Å². The van der Waals surface area contributed by atoms with E-state index in [9.17, 15) is 0 Å². The van der Waals surface area contributed by atoms with Crippen LogP contribution in [0.15, 0.2) is 12.1 Å². The van der Waals surface area contributed by atoms with Crippen molar-refractivity contribution in [3.05, 3.63) is 38.3 Å². The van der Waals surface area contributed by atoms with Crippen molar-refractivity contribution in [2.75, 3.05) is 35.5 Å². The molecule has 3 rings (SSSR count). The molecule has 0 fully saturated rings. The predicted octanol–water partition coefficient (Wildman–Crippen LogP) is 5.37. The molecule has 1 aliphatic rings. The summed E-state index contributed by atoms with van der Waals surface area (Å²) in [5, 5.41) is 0.978. The van der Waals surface area contributed by atoms with Gasteiger partial charge in [0.15, 0.2) is 23.4 Å². The van der Waals surface area contributed by atoms with Gasteiger partial charge in [0, 0.05) is 30.7 Å². The van der Waals surface area contributed by atoms with Gasteiger partial charge in [0.25, 0.3) is 0 Å². The SMILES string of the molecule is COc1cc(Cl)c([C@H]2Oc3c(Cl)c(OC)c(Cl)c(OC)c3C[C@@H]2OC)cc1OC. The van der Waals surface area contributed by atoms with Crippen molar-refractivity contribution in [3.63, 3.8) is 0 Å². The maximum Gasteiger partial charge on any atom is 0.163 e. The van der Waals surface area contributed by atoms with Gasteiger partial charge in [-0.15, -0.1) is 0 Å². The first-order valence-electron chi connectivity index (χ1n) is 8.64. The van der Waals surface area contributed by atoms with E-state index in [0.29, 0.717) is 45.6 Å². The molecule has 2 atom stereocenters. The van der Waals surface area contributed by atoms with Crippen LogP contribution in [0.3, 0.4) is 0 Å². The fourth-order valence-corrected chi connectivity index (χ4v) is 4.44. The van der Waals surface area contributed by atoms with Crippen molar-refractivity contribution in [1.29, 1.82) is 0 Å². The Bertz CT molecular complexity index is 918. The zero-order valence-corrected chi connectivity index (χ0v) is 18.9. The number of benzene rings is 2. The molecule has 0 aliphatic carbocycles. The van der Waals surface area contributed by atoms with Crippen LogP contribution < -0.4 is 23.7 Å². The lowest BCUT2D eigenvalue weighted by Crippen LogP contribution is -2.33. The number of fused-ring (bicyclic) bond motifs is 1. The average Bonchev–Trinajstić information content (AvgIpc) is 2.73. The number of ether oxygens (including phenoxy) is 6. The molecule has 0 bridgehead atoms. The van der Waals surface area contributed by atoms with E-state index in [-0.39, 0.29) is 21.9 Å². The summed E-state index contributed by atoms with van der Waals surface area (Å²) in [6, 6.07) is 3.44. The Morgan fingerprint density at radius 3 is 2.00 bits per heavy atom. The number of halogens is 3. The number of methoxy groups -OCH3 is 5. The van der Waals surface area contributed by atoms with Gasteiger partial charge in [-0.3, -0.25) is 0 Å². The summed E-state index contributed by atoms with van der Waals surface area (Å²) in [6.45, 7) is 0. The quantitative estimate of drug-likeness (QED) is 0.574. The summed E-state index contributed by atoms with van der Waals surface area (Å²) in [5.41, 5.74) is 1.37. The van der Waals surface area contributed by atoms with Crippen LogP contribution in [0.25, 0.3) is 0 Å². The van der Waals surface area contributed by atoms with Gasteiger partial charge in [0.1, 0.15) is 27.6 Å². The maximum atomic E-state index is 6.54. The summed E-state index contributed by atoms with van der Waals surface area (Å²) in [5.74, 6) is 2.15. The van der Waals surface area contributed by atoms with Gasteiger partial charge in [-0.1, -0.05) is 34.8 Å². The second-order valence-electron chi connectivity index (χ2n) is 6.25. The van der Waals surface area contributed by atoms with Gasteiger partial charge in [-0.05, 0) is 6.07 Å². The third-order valence-corrected chi connectivity index (χ3v) is 5.87. The molecule has 29 heavy (non-hydrogen) atoms. The minimum Gasteiger partial charge on any atom is -0.495 e. The zero-order valence-electron chi connectivity index (χ0n) is 16.6. The van der Waals surface area contributed by atoms with Gasteiger partial charge in [0.2, 0.25) is 0 Å². The lowest BCUT2D eigenvalue weighted by molar-refractivity contribution is -0.0121. The Balaban J connectivity index is 2.17. The van der Waals surface area contributed by atoms with Crippen molar-refractivity contribution < 1.29 is 28.4 Å². The highest BCUT2D eigenvalue weighted by atomic mass is 35.5. The summed E-state index contributed by atoms with van der Waals surface area (Å²) in [4.78, 5) is 0.